The van der Waals surface area contributed by atoms with Crippen LogP contribution in [0.25, 0.3) is 10.2 Å². The lowest BCUT2D eigenvalue weighted by molar-refractivity contribution is -0.950. The maximum absolute atomic E-state index is 11.6. The Bertz CT molecular complexity index is 871. The van der Waals surface area contributed by atoms with Gasteiger partial charge in [0.05, 0.1) is 29.4 Å². The van der Waals surface area contributed by atoms with Gasteiger partial charge in [-0.25, -0.2) is 9.78 Å². The molecule has 2 heterocycles. The summed E-state index contributed by atoms with van der Waals surface area (Å²) in [6, 6.07) is 16.7. The molecule has 1 aromatic heterocycles. The van der Waals surface area contributed by atoms with Crippen LogP contribution in [0.3, 0.4) is 0 Å². The van der Waals surface area contributed by atoms with Crippen LogP contribution < -0.4 is 4.90 Å². The smallest absolute Gasteiger partial charge is 0.337 e. The minimum absolute atomic E-state index is 0.283. The van der Waals surface area contributed by atoms with Crippen LogP contribution in [0.2, 0.25) is 0 Å². The van der Waals surface area contributed by atoms with Crippen LogP contribution in [0.1, 0.15) is 46.2 Å². The molecule has 3 aromatic rings. The second kappa shape index (κ2) is 7.56. The number of carbonyl (C=O) groups excluding carboxylic acids is 1. The predicted octanol–water partition coefficient (Wildman–Crippen LogP) is 3.39. The number of piperidine rings is 1. The zero-order valence-corrected chi connectivity index (χ0v) is 15.7. The quantitative estimate of drug-likeness (QED) is 0.719. The van der Waals surface area contributed by atoms with E-state index in [9.17, 15) is 4.79 Å². The van der Waals surface area contributed by atoms with Crippen molar-refractivity contribution in [2.24, 2.45) is 0 Å². The molecule has 134 valence electrons. The number of aromatic nitrogens is 1. The van der Waals surface area contributed by atoms with Crippen molar-refractivity contribution in [3.8, 4) is 0 Å². The van der Waals surface area contributed by atoms with E-state index in [4.69, 9.17) is 9.72 Å². The number of para-hydroxylation sites is 1. The zero-order chi connectivity index (χ0) is 17.9. The highest BCUT2D eigenvalue weighted by Crippen LogP contribution is 2.28. The van der Waals surface area contributed by atoms with Crippen LogP contribution in [0.5, 0.6) is 0 Å². The first-order valence-corrected chi connectivity index (χ1v) is 9.93. The predicted molar refractivity (Wildman–Crippen MR) is 104 cm³/mol. The summed E-state index contributed by atoms with van der Waals surface area (Å²) in [5, 5.41) is 1.26. The Balaban J connectivity index is 1.54. The summed E-state index contributed by atoms with van der Waals surface area (Å²) in [5.74, 6) is -0.283. The molecule has 0 amide bonds. The number of esters is 1. The van der Waals surface area contributed by atoms with Gasteiger partial charge in [0.1, 0.15) is 12.6 Å². The molecule has 26 heavy (non-hydrogen) atoms. The number of quaternary nitrogens is 1. The normalized spacial score (nSPS) is 20.2. The third-order valence-corrected chi connectivity index (χ3v) is 6.30. The monoisotopic (exact) mass is 367 g/mol. The van der Waals surface area contributed by atoms with Crippen molar-refractivity contribution in [2.75, 3.05) is 13.7 Å². The van der Waals surface area contributed by atoms with Crippen LogP contribution in [0.4, 0.5) is 0 Å². The summed E-state index contributed by atoms with van der Waals surface area (Å²) in [4.78, 5) is 18.1. The van der Waals surface area contributed by atoms with Gasteiger partial charge >= 0.3 is 5.97 Å². The van der Waals surface area contributed by atoms with Crippen molar-refractivity contribution in [3.63, 3.8) is 0 Å². The fourth-order valence-corrected chi connectivity index (χ4v) is 4.93. The van der Waals surface area contributed by atoms with E-state index in [2.05, 4.69) is 24.3 Å². The van der Waals surface area contributed by atoms with E-state index in [1.54, 1.807) is 4.90 Å². The van der Waals surface area contributed by atoms with E-state index < -0.39 is 0 Å². The van der Waals surface area contributed by atoms with Crippen LogP contribution in [0, 0.1) is 0 Å². The average molecular weight is 367 g/mol. The lowest BCUT2D eigenvalue weighted by Gasteiger charge is -2.31. The van der Waals surface area contributed by atoms with E-state index in [-0.39, 0.29) is 5.97 Å². The molecule has 0 radical (unpaired) electrons. The van der Waals surface area contributed by atoms with Crippen molar-refractivity contribution in [2.45, 2.75) is 31.8 Å². The number of carbonyl (C=O) groups is 1. The fraction of sp³-hybridized carbons (Fsp3) is 0.333. The number of benzene rings is 2. The number of likely N-dealkylation sites (tertiary alicyclic amines) is 1. The summed E-state index contributed by atoms with van der Waals surface area (Å²) in [5.41, 5.74) is 2.97. The average Bonchev–Trinajstić information content (AvgIpc) is 3.12. The van der Waals surface area contributed by atoms with Gasteiger partial charge in [-0.15, -0.1) is 11.3 Å². The third kappa shape index (κ3) is 3.50. The number of hydrogen-bond acceptors (Lipinski definition) is 4. The molecule has 4 rings (SSSR count). The molecule has 1 fully saturated rings. The molecule has 2 aromatic carbocycles. The summed E-state index contributed by atoms with van der Waals surface area (Å²) in [7, 11) is 1.41. The van der Waals surface area contributed by atoms with E-state index in [1.165, 1.54) is 48.2 Å². The Morgan fingerprint density at radius 3 is 2.77 bits per heavy atom. The van der Waals surface area contributed by atoms with E-state index in [0.29, 0.717) is 11.6 Å². The summed E-state index contributed by atoms with van der Waals surface area (Å²) in [6.45, 7) is 2.13. The fourth-order valence-electron chi connectivity index (χ4n) is 3.77. The Labute approximate surface area is 157 Å². The molecular formula is C21H23N2O2S+. The summed E-state index contributed by atoms with van der Waals surface area (Å²) >= 11 is 1.83. The molecule has 2 atom stereocenters. The van der Waals surface area contributed by atoms with Crippen molar-refractivity contribution < 1.29 is 14.4 Å². The summed E-state index contributed by atoms with van der Waals surface area (Å²) < 4.78 is 6.05. The lowest BCUT2D eigenvalue weighted by atomic mass is 10.0. The molecule has 5 heteroatoms. The highest BCUT2D eigenvalue weighted by Gasteiger charge is 2.30. The second-order valence-electron chi connectivity index (χ2n) is 6.84. The van der Waals surface area contributed by atoms with Gasteiger partial charge in [-0.05, 0) is 37.1 Å². The number of rotatable bonds is 4. The first kappa shape index (κ1) is 17.2. The molecule has 0 spiro atoms. The van der Waals surface area contributed by atoms with Gasteiger partial charge in [-0.1, -0.05) is 24.3 Å². The molecule has 1 saturated heterocycles. The standard InChI is InChI=1S/C21H22N2O2S/c1-25-21(24)16-11-9-15(10-12-16)14-23-13-5-4-7-18(23)20-22-17-6-2-3-8-19(17)26-20/h2-3,6,8-12,18H,4-5,7,13-14H2,1H3/p+1/t18-/m0/s1. The maximum Gasteiger partial charge on any atom is 0.337 e. The van der Waals surface area contributed by atoms with E-state index >= 15 is 0 Å². The van der Waals surface area contributed by atoms with Crippen molar-refractivity contribution in [3.05, 3.63) is 64.7 Å². The van der Waals surface area contributed by atoms with E-state index in [1.807, 2.05) is 35.6 Å². The number of ether oxygens (including phenoxy) is 1. The molecule has 1 aliphatic rings. The van der Waals surface area contributed by atoms with Crippen molar-refractivity contribution >= 4 is 27.5 Å². The van der Waals surface area contributed by atoms with E-state index in [0.717, 1.165) is 12.1 Å². The maximum atomic E-state index is 11.6. The Hall–Kier alpha value is -2.24. The highest BCUT2D eigenvalue weighted by atomic mass is 32.1. The molecular weight excluding hydrogens is 344 g/mol. The van der Waals surface area contributed by atoms with Crippen LogP contribution >= 0.6 is 11.3 Å². The van der Waals surface area contributed by atoms with Gasteiger partial charge in [0.25, 0.3) is 0 Å². The highest BCUT2D eigenvalue weighted by molar-refractivity contribution is 7.18. The number of fused-ring (bicyclic) bond motifs is 1. The molecule has 0 bridgehead atoms. The van der Waals surface area contributed by atoms with Gasteiger partial charge in [-0.3, -0.25) is 0 Å². The minimum Gasteiger partial charge on any atom is -0.465 e. The van der Waals surface area contributed by atoms with Crippen molar-refractivity contribution in [1.29, 1.82) is 0 Å². The first-order valence-electron chi connectivity index (χ1n) is 9.12. The third-order valence-electron chi connectivity index (χ3n) is 5.15. The van der Waals surface area contributed by atoms with Gasteiger partial charge in [-0.2, -0.15) is 0 Å². The number of nitrogens with zero attached hydrogens (tertiary/aromatic N) is 1. The molecule has 1 unspecified atom stereocenters. The van der Waals surface area contributed by atoms with Gasteiger partial charge < -0.3 is 9.64 Å². The number of methoxy groups -OCH3 is 1. The largest absolute Gasteiger partial charge is 0.465 e. The van der Waals surface area contributed by atoms with Crippen LogP contribution in [0.15, 0.2) is 48.5 Å². The Morgan fingerprint density at radius 2 is 2.00 bits per heavy atom. The molecule has 1 N–H and O–H groups in total. The van der Waals surface area contributed by atoms with Crippen LogP contribution in [-0.2, 0) is 11.3 Å². The molecule has 1 aliphatic heterocycles. The Morgan fingerprint density at radius 1 is 1.19 bits per heavy atom. The SMILES string of the molecule is COC(=O)c1ccc(C[NH+]2CCCC[C@H]2c2nc3ccccc3s2)cc1. The minimum atomic E-state index is -0.283. The van der Waals surface area contributed by atoms with Gasteiger partial charge in [0.15, 0.2) is 5.01 Å². The molecule has 4 nitrogen and oxygen atoms in total. The van der Waals surface area contributed by atoms with Gasteiger partial charge in [0, 0.05) is 12.0 Å². The number of nitrogens with one attached hydrogen (secondary N) is 1. The summed E-state index contributed by atoms with van der Waals surface area (Å²) in [6.07, 6.45) is 3.72. The van der Waals surface area contributed by atoms with Crippen LogP contribution in [-0.4, -0.2) is 24.6 Å². The number of hydrogen-bond donors (Lipinski definition) is 1. The zero-order valence-electron chi connectivity index (χ0n) is 14.9. The number of thiazole rings is 1. The van der Waals surface area contributed by atoms with Gasteiger partial charge in [0.2, 0.25) is 0 Å². The Kier molecular flexibility index (Phi) is 5.00. The van der Waals surface area contributed by atoms with Crippen molar-refractivity contribution in [1.82, 2.24) is 4.98 Å². The first-order chi connectivity index (χ1) is 12.7. The molecule has 0 aliphatic carbocycles. The topological polar surface area (TPSA) is 43.6 Å². The lowest BCUT2D eigenvalue weighted by Crippen LogP contribution is -3.11. The second-order valence-corrected chi connectivity index (χ2v) is 7.90. The molecule has 0 saturated carbocycles.